The van der Waals surface area contributed by atoms with Crippen LogP contribution in [-0.4, -0.2) is 33.7 Å². The summed E-state index contributed by atoms with van der Waals surface area (Å²) in [7, 11) is 0. The SMILES string of the molecule is Cc1nc(CN2CCCCC2C(C)O)oc1C. The Morgan fingerprint density at radius 3 is 2.82 bits per heavy atom. The predicted molar refractivity (Wildman–Crippen MR) is 65.7 cm³/mol. The molecule has 0 bridgehead atoms. The van der Waals surface area contributed by atoms with E-state index in [0.29, 0.717) is 6.54 Å². The van der Waals surface area contributed by atoms with Gasteiger partial charge in [0, 0.05) is 6.04 Å². The number of hydrogen-bond donors (Lipinski definition) is 1. The van der Waals surface area contributed by atoms with Crippen LogP contribution in [-0.2, 0) is 6.54 Å². The van der Waals surface area contributed by atoms with Crippen molar-refractivity contribution in [1.82, 2.24) is 9.88 Å². The van der Waals surface area contributed by atoms with E-state index in [-0.39, 0.29) is 12.1 Å². The molecule has 1 aromatic rings. The summed E-state index contributed by atoms with van der Waals surface area (Å²) in [5.41, 5.74) is 0.964. The highest BCUT2D eigenvalue weighted by molar-refractivity contribution is 5.05. The maximum atomic E-state index is 9.79. The maximum Gasteiger partial charge on any atom is 0.208 e. The van der Waals surface area contributed by atoms with Gasteiger partial charge in [0.25, 0.3) is 0 Å². The molecule has 0 saturated carbocycles. The van der Waals surface area contributed by atoms with E-state index in [1.54, 1.807) is 0 Å². The number of oxazole rings is 1. The molecular formula is C13H22N2O2. The highest BCUT2D eigenvalue weighted by Gasteiger charge is 2.27. The van der Waals surface area contributed by atoms with Crippen LogP contribution in [0.1, 0.15) is 43.5 Å². The molecule has 2 rings (SSSR count). The van der Waals surface area contributed by atoms with Crippen LogP contribution in [0.15, 0.2) is 4.42 Å². The van der Waals surface area contributed by atoms with Crippen LogP contribution < -0.4 is 0 Å². The second-order valence-electron chi connectivity index (χ2n) is 5.02. The largest absolute Gasteiger partial charge is 0.444 e. The van der Waals surface area contributed by atoms with Crippen molar-refractivity contribution in [2.24, 2.45) is 0 Å². The van der Waals surface area contributed by atoms with E-state index in [1.165, 1.54) is 12.8 Å². The standard InChI is InChI=1S/C13H22N2O2/c1-9-11(3)17-13(14-9)8-15-7-5-4-6-12(15)10(2)16/h10,12,16H,4-8H2,1-3H3. The van der Waals surface area contributed by atoms with Crippen LogP contribution >= 0.6 is 0 Å². The summed E-state index contributed by atoms with van der Waals surface area (Å²) in [6.45, 7) is 7.51. The van der Waals surface area contributed by atoms with E-state index >= 15 is 0 Å². The Labute approximate surface area is 103 Å². The molecule has 1 saturated heterocycles. The van der Waals surface area contributed by atoms with Gasteiger partial charge in [-0.1, -0.05) is 6.42 Å². The molecule has 1 N–H and O–H groups in total. The molecule has 1 aliphatic heterocycles. The predicted octanol–water partition coefficient (Wildman–Crippen LogP) is 2.03. The van der Waals surface area contributed by atoms with E-state index in [0.717, 1.165) is 30.3 Å². The molecule has 4 nitrogen and oxygen atoms in total. The maximum absolute atomic E-state index is 9.79. The molecule has 4 heteroatoms. The summed E-state index contributed by atoms with van der Waals surface area (Å²) in [6, 6.07) is 0.247. The molecule has 1 aliphatic rings. The van der Waals surface area contributed by atoms with Crippen LogP contribution in [0.5, 0.6) is 0 Å². The van der Waals surface area contributed by atoms with Gasteiger partial charge in [0.05, 0.1) is 18.3 Å². The van der Waals surface area contributed by atoms with E-state index in [1.807, 2.05) is 20.8 Å². The number of rotatable bonds is 3. The number of nitrogens with zero attached hydrogens (tertiary/aromatic N) is 2. The minimum Gasteiger partial charge on any atom is -0.444 e. The first-order valence-electron chi connectivity index (χ1n) is 6.43. The third-order valence-corrected chi connectivity index (χ3v) is 3.63. The summed E-state index contributed by atoms with van der Waals surface area (Å²) in [6.07, 6.45) is 3.18. The zero-order chi connectivity index (χ0) is 12.4. The number of piperidine rings is 1. The summed E-state index contributed by atoms with van der Waals surface area (Å²) in [5, 5.41) is 9.79. The van der Waals surface area contributed by atoms with Gasteiger partial charge in [-0.25, -0.2) is 4.98 Å². The lowest BCUT2D eigenvalue weighted by molar-refractivity contribution is 0.0269. The Kier molecular flexibility index (Phi) is 3.84. The zero-order valence-electron chi connectivity index (χ0n) is 10.9. The second kappa shape index (κ2) is 5.19. The first kappa shape index (κ1) is 12.6. The zero-order valence-corrected chi connectivity index (χ0v) is 10.9. The molecule has 2 unspecified atom stereocenters. The highest BCUT2D eigenvalue weighted by atomic mass is 16.4. The third kappa shape index (κ3) is 2.87. The van der Waals surface area contributed by atoms with Crippen LogP contribution in [0.25, 0.3) is 0 Å². The van der Waals surface area contributed by atoms with Gasteiger partial charge in [-0.15, -0.1) is 0 Å². The minimum atomic E-state index is -0.285. The van der Waals surface area contributed by atoms with E-state index in [4.69, 9.17) is 4.42 Å². The Hall–Kier alpha value is -0.870. The number of aryl methyl sites for hydroxylation is 2. The summed E-state index contributed by atoms with van der Waals surface area (Å²) < 4.78 is 5.61. The molecule has 96 valence electrons. The summed E-state index contributed by atoms with van der Waals surface area (Å²) in [5.74, 6) is 1.66. The quantitative estimate of drug-likeness (QED) is 0.875. The monoisotopic (exact) mass is 238 g/mol. The van der Waals surface area contributed by atoms with Crippen molar-refractivity contribution in [3.63, 3.8) is 0 Å². The number of aromatic nitrogens is 1. The fourth-order valence-electron chi connectivity index (χ4n) is 2.54. The van der Waals surface area contributed by atoms with Crippen molar-refractivity contribution >= 4 is 0 Å². The first-order chi connectivity index (χ1) is 8.08. The average molecular weight is 238 g/mol. The van der Waals surface area contributed by atoms with E-state index in [2.05, 4.69) is 9.88 Å². The van der Waals surface area contributed by atoms with Gasteiger partial charge in [-0.2, -0.15) is 0 Å². The lowest BCUT2D eigenvalue weighted by Gasteiger charge is -2.36. The number of hydrogen-bond acceptors (Lipinski definition) is 4. The van der Waals surface area contributed by atoms with Gasteiger partial charge in [-0.3, -0.25) is 4.90 Å². The number of likely N-dealkylation sites (tertiary alicyclic amines) is 1. The lowest BCUT2D eigenvalue weighted by atomic mass is 9.98. The van der Waals surface area contributed by atoms with Crippen molar-refractivity contribution in [2.45, 2.75) is 58.7 Å². The van der Waals surface area contributed by atoms with Gasteiger partial charge in [0.15, 0.2) is 0 Å². The van der Waals surface area contributed by atoms with Crippen LogP contribution in [0.4, 0.5) is 0 Å². The first-order valence-corrected chi connectivity index (χ1v) is 6.43. The highest BCUT2D eigenvalue weighted by Crippen LogP contribution is 2.22. The Bertz CT molecular complexity index is 354. The fraction of sp³-hybridized carbons (Fsp3) is 0.769. The van der Waals surface area contributed by atoms with Gasteiger partial charge < -0.3 is 9.52 Å². The molecule has 2 atom stereocenters. The third-order valence-electron chi connectivity index (χ3n) is 3.63. The molecule has 1 fully saturated rings. The average Bonchev–Trinajstić information content (AvgIpc) is 2.58. The number of aliphatic hydroxyl groups is 1. The molecule has 17 heavy (non-hydrogen) atoms. The Morgan fingerprint density at radius 1 is 1.47 bits per heavy atom. The lowest BCUT2D eigenvalue weighted by Crippen LogP contribution is -2.45. The van der Waals surface area contributed by atoms with Crippen molar-refractivity contribution in [1.29, 1.82) is 0 Å². The Morgan fingerprint density at radius 2 is 2.24 bits per heavy atom. The molecular weight excluding hydrogens is 216 g/mol. The number of aliphatic hydroxyl groups excluding tert-OH is 1. The van der Waals surface area contributed by atoms with Crippen LogP contribution in [0.2, 0.25) is 0 Å². The van der Waals surface area contributed by atoms with Crippen molar-refractivity contribution in [3.05, 3.63) is 17.3 Å². The van der Waals surface area contributed by atoms with Crippen molar-refractivity contribution < 1.29 is 9.52 Å². The smallest absolute Gasteiger partial charge is 0.208 e. The molecule has 0 aromatic carbocycles. The summed E-state index contributed by atoms with van der Waals surface area (Å²) in [4.78, 5) is 6.70. The summed E-state index contributed by atoms with van der Waals surface area (Å²) >= 11 is 0. The Balaban J connectivity index is 2.05. The normalized spacial score (nSPS) is 23.9. The molecule has 0 radical (unpaired) electrons. The van der Waals surface area contributed by atoms with Crippen LogP contribution in [0, 0.1) is 13.8 Å². The van der Waals surface area contributed by atoms with Gasteiger partial charge in [0.1, 0.15) is 5.76 Å². The molecule has 1 aromatic heterocycles. The van der Waals surface area contributed by atoms with Crippen molar-refractivity contribution in [2.75, 3.05) is 6.54 Å². The van der Waals surface area contributed by atoms with E-state index < -0.39 is 0 Å². The second-order valence-corrected chi connectivity index (χ2v) is 5.02. The van der Waals surface area contributed by atoms with Gasteiger partial charge in [-0.05, 0) is 40.2 Å². The van der Waals surface area contributed by atoms with Gasteiger partial charge in [0.2, 0.25) is 5.89 Å². The van der Waals surface area contributed by atoms with E-state index in [9.17, 15) is 5.11 Å². The van der Waals surface area contributed by atoms with Gasteiger partial charge >= 0.3 is 0 Å². The molecule has 0 aliphatic carbocycles. The molecule has 0 amide bonds. The topological polar surface area (TPSA) is 49.5 Å². The molecule has 2 heterocycles. The molecule has 0 spiro atoms. The minimum absolute atomic E-state index is 0.247. The van der Waals surface area contributed by atoms with Crippen LogP contribution in [0.3, 0.4) is 0 Å². The van der Waals surface area contributed by atoms with Crippen molar-refractivity contribution in [3.8, 4) is 0 Å². The fourth-order valence-corrected chi connectivity index (χ4v) is 2.54.